The van der Waals surface area contributed by atoms with Crippen LogP contribution >= 0.6 is 0 Å². The predicted octanol–water partition coefficient (Wildman–Crippen LogP) is 1.66. The summed E-state index contributed by atoms with van der Waals surface area (Å²) in [5.41, 5.74) is 3.16. The summed E-state index contributed by atoms with van der Waals surface area (Å²) in [6, 6.07) is 5.55. The van der Waals surface area contributed by atoms with Gasteiger partial charge in [0.05, 0.1) is 32.0 Å². The fourth-order valence-corrected chi connectivity index (χ4v) is 3.42. The number of hydrogen-bond donors (Lipinski definition) is 2. The number of nitrogens with zero attached hydrogens (tertiary/aromatic N) is 2. The molecule has 2 aromatic rings. The second-order valence-electron chi connectivity index (χ2n) is 6.47. The number of carbonyl (C=O) groups is 2. The van der Waals surface area contributed by atoms with Crippen LogP contribution in [0.5, 0.6) is 11.5 Å². The monoisotopic (exact) mass is 368 g/mol. The molecule has 0 spiro atoms. The topological polar surface area (TPSA) is 92.8 Å². The summed E-state index contributed by atoms with van der Waals surface area (Å²) in [7, 11) is 3.21. The highest BCUT2D eigenvalue weighted by molar-refractivity contribution is 6.02. The van der Waals surface area contributed by atoms with Crippen LogP contribution in [0.3, 0.4) is 0 Å². The zero-order valence-electron chi connectivity index (χ0n) is 15.2. The van der Waals surface area contributed by atoms with Crippen LogP contribution in [0.2, 0.25) is 0 Å². The highest BCUT2D eigenvalue weighted by Gasteiger charge is 2.25. The SMILES string of the molecule is COc1cc2c(cc1OC)CN(C(=O)c1cnc3c(c1)NC(=O)CN3)CC2. The normalized spacial score (nSPS) is 15.2. The number of pyridine rings is 1. The second kappa shape index (κ2) is 6.79. The van der Waals surface area contributed by atoms with Gasteiger partial charge < -0.3 is 25.0 Å². The number of amides is 2. The van der Waals surface area contributed by atoms with Crippen LogP contribution in [0.15, 0.2) is 24.4 Å². The summed E-state index contributed by atoms with van der Waals surface area (Å²) in [5, 5.41) is 5.66. The Morgan fingerprint density at radius 1 is 1.15 bits per heavy atom. The number of anilines is 2. The number of fused-ring (bicyclic) bond motifs is 2. The van der Waals surface area contributed by atoms with E-state index in [1.807, 2.05) is 12.1 Å². The summed E-state index contributed by atoms with van der Waals surface area (Å²) in [6.07, 6.45) is 2.27. The maximum Gasteiger partial charge on any atom is 0.255 e. The zero-order valence-corrected chi connectivity index (χ0v) is 15.2. The minimum Gasteiger partial charge on any atom is -0.493 e. The van der Waals surface area contributed by atoms with Gasteiger partial charge in [0.15, 0.2) is 11.5 Å². The maximum absolute atomic E-state index is 13.0. The minimum absolute atomic E-state index is 0.120. The molecule has 2 aliphatic rings. The van der Waals surface area contributed by atoms with E-state index in [0.29, 0.717) is 41.7 Å². The molecule has 0 radical (unpaired) electrons. The Morgan fingerprint density at radius 3 is 2.63 bits per heavy atom. The second-order valence-corrected chi connectivity index (χ2v) is 6.47. The van der Waals surface area contributed by atoms with Gasteiger partial charge in [-0.25, -0.2) is 4.98 Å². The van der Waals surface area contributed by atoms with Gasteiger partial charge in [0.1, 0.15) is 5.82 Å². The fourth-order valence-electron chi connectivity index (χ4n) is 3.42. The first-order valence-corrected chi connectivity index (χ1v) is 8.66. The van der Waals surface area contributed by atoms with Gasteiger partial charge in [-0.1, -0.05) is 0 Å². The molecule has 27 heavy (non-hydrogen) atoms. The van der Waals surface area contributed by atoms with Crippen molar-refractivity contribution >= 4 is 23.3 Å². The summed E-state index contributed by atoms with van der Waals surface area (Å²) in [5.74, 6) is 1.65. The highest BCUT2D eigenvalue weighted by atomic mass is 16.5. The van der Waals surface area contributed by atoms with Crippen LogP contribution in [0.25, 0.3) is 0 Å². The summed E-state index contributed by atoms with van der Waals surface area (Å²) in [6.45, 7) is 1.26. The van der Waals surface area contributed by atoms with Crippen molar-refractivity contribution in [3.63, 3.8) is 0 Å². The molecular formula is C19H20N4O4. The average Bonchev–Trinajstić information content (AvgIpc) is 2.71. The van der Waals surface area contributed by atoms with Crippen molar-refractivity contribution in [2.24, 2.45) is 0 Å². The largest absolute Gasteiger partial charge is 0.493 e. The predicted molar refractivity (Wildman–Crippen MR) is 99.3 cm³/mol. The van der Waals surface area contributed by atoms with E-state index < -0.39 is 0 Å². The first-order chi connectivity index (χ1) is 13.1. The summed E-state index contributed by atoms with van der Waals surface area (Å²) in [4.78, 5) is 30.5. The lowest BCUT2D eigenvalue weighted by molar-refractivity contribution is -0.114. The van der Waals surface area contributed by atoms with Gasteiger partial charge in [-0.2, -0.15) is 0 Å². The van der Waals surface area contributed by atoms with Crippen LogP contribution in [0, 0.1) is 0 Å². The van der Waals surface area contributed by atoms with E-state index in [9.17, 15) is 9.59 Å². The van der Waals surface area contributed by atoms with E-state index in [-0.39, 0.29) is 18.4 Å². The van der Waals surface area contributed by atoms with E-state index >= 15 is 0 Å². The number of carbonyl (C=O) groups excluding carboxylic acids is 2. The maximum atomic E-state index is 13.0. The van der Waals surface area contributed by atoms with Gasteiger partial charge in [0, 0.05) is 19.3 Å². The fraction of sp³-hybridized carbons (Fsp3) is 0.316. The summed E-state index contributed by atoms with van der Waals surface area (Å²) < 4.78 is 10.7. The van der Waals surface area contributed by atoms with E-state index in [4.69, 9.17) is 9.47 Å². The molecule has 0 saturated carbocycles. The molecule has 0 unspecified atom stereocenters. The Bertz CT molecular complexity index is 928. The Labute approximate surface area is 156 Å². The molecule has 4 rings (SSSR count). The third kappa shape index (κ3) is 3.14. The molecule has 8 nitrogen and oxygen atoms in total. The zero-order chi connectivity index (χ0) is 19.0. The van der Waals surface area contributed by atoms with Crippen LogP contribution in [0.1, 0.15) is 21.5 Å². The van der Waals surface area contributed by atoms with E-state index in [1.165, 1.54) is 6.20 Å². The van der Waals surface area contributed by atoms with Gasteiger partial charge in [-0.15, -0.1) is 0 Å². The Morgan fingerprint density at radius 2 is 1.89 bits per heavy atom. The third-order valence-electron chi connectivity index (χ3n) is 4.83. The average molecular weight is 368 g/mol. The highest BCUT2D eigenvalue weighted by Crippen LogP contribution is 2.33. The first-order valence-electron chi connectivity index (χ1n) is 8.66. The molecule has 3 heterocycles. The molecule has 8 heteroatoms. The lowest BCUT2D eigenvalue weighted by Gasteiger charge is -2.30. The van der Waals surface area contributed by atoms with Gasteiger partial charge in [0.2, 0.25) is 5.91 Å². The van der Waals surface area contributed by atoms with E-state index in [1.54, 1.807) is 25.2 Å². The molecular weight excluding hydrogens is 348 g/mol. The molecule has 0 bridgehead atoms. The number of ether oxygens (including phenoxy) is 2. The van der Waals surface area contributed by atoms with Crippen LogP contribution < -0.4 is 20.1 Å². The van der Waals surface area contributed by atoms with Gasteiger partial charge >= 0.3 is 0 Å². The Kier molecular flexibility index (Phi) is 4.31. The van der Waals surface area contributed by atoms with Crippen molar-refractivity contribution < 1.29 is 19.1 Å². The number of nitrogens with one attached hydrogen (secondary N) is 2. The Balaban J connectivity index is 1.58. The van der Waals surface area contributed by atoms with E-state index in [0.717, 1.165) is 17.5 Å². The quantitative estimate of drug-likeness (QED) is 0.856. The standard InChI is InChI=1S/C19H20N4O4/c1-26-15-6-11-3-4-23(10-13(11)7-16(15)27-2)19(25)12-5-14-18(20-8-12)21-9-17(24)22-14/h5-8H,3-4,9-10H2,1-2H3,(H,20,21)(H,22,24). The molecule has 140 valence electrons. The number of rotatable bonds is 3. The van der Waals surface area contributed by atoms with Crippen LogP contribution in [-0.2, 0) is 17.8 Å². The van der Waals surface area contributed by atoms with Crippen molar-refractivity contribution in [3.05, 3.63) is 41.1 Å². The van der Waals surface area contributed by atoms with Gasteiger partial charge in [-0.05, 0) is 35.7 Å². The van der Waals surface area contributed by atoms with Crippen molar-refractivity contribution in [2.45, 2.75) is 13.0 Å². The van der Waals surface area contributed by atoms with Crippen LogP contribution in [0.4, 0.5) is 11.5 Å². The van der Waals surface area contributed by atoms with Crippen molar-refractivity contribution in [1.29, 1.82) is 0 Å². The number of hydrogen-bond acceptors (Lipinski definition) is 6. The van der Waals surface area contributed by atoms with Gasteiger partial charge in [-0.3, -0.25) is 9.59 Å². The molecule has 2 aliphatic heterocycles. The summed E-state index contributed by atoms with van der Waals surface area (Å²) >= 11 is 0. The Hall–Kier alpha value is -3.29. The first kappa shape index (κ1) is 17.1. The number of benzene rings is 1. The number of aromatic nitrogens is 1. The van der Waals surface area contributed by atoms with Gasteiger partial charge in [0.25, 0.3) is 5.91 Å². The smallest absolute Gasteiger partial charge is 0.255 e. The van der Waals surface area contributed by atoms with Crippen molar-refractivity contribution in [1.82, 2.24) is 9.88 Å². The van der Waals surface area contributed by atoms with Crippen LogP contribution in [-0.4, -0.2) is 49.0 Å². The molecule has 2 N–H and O–H groups in total. The molecule has 2 amide bonds. The van der Waals surface area contributed by atoms with Crippen molar-refractivity contribution in [3.8, 4) is 11.5 Å². The molecule has 0 fully saturated rings. The molecule has 0 atom stereocenters. The lowest BCUT2D eigenvalue weighted by atomic mass is 9.98. The number of methoxy groups -OCH3 is 2. The molecule has 0 aliphatic carbocycles. The molecule has 1 aromatic carbocycles. The molecule has 1 aromatic heterocycles. The van der Waals surface area contributed by atoms with E-state index in [2.05, 4.69) is 15.6 Å². The molecule has 0 saturated heterocycles. The minimum atomic E-state index is -0.151. The van der Waals surface area contributed by atoms with Crippen molar-refractivity contribution in [2.75, 3.05) is 37.9 Å². The lowest BCUT2D eigenvalue weighted by Crippen LogP contribution is -2.36. The third-order valence-corrected chi connectivity index (χ3v) is 4.83.